The number of aromatic nitrogens is 2. The maximum Gasteiger partial charge on any atom is 0.232 e. The molecule has 0 amide bonds. The van der Waals surface area contributed by atoms with Gasteiger partial charge in [0, 0.05) is 11.8 Å². The average molecular weight is 333 g/mol. The molecule has 5 heteroatoms. The van der Waals surface area contributed by atoms with Crippen LogP contribution in [-0.4, -0.2) is 16.6 Å². The zero-order chi connectivity index (χ0) is 17.8. The van der Waals surface area contributed by atoms with Crippen LogP contribution in [-0.2, 0) is 0 Å². The molecule has 1 aromatic carbocycles. The van der Waals surface area contributed by atoms with E-state index in [0.29, 0.717) is 23.4 Å². The van der Waals surface area contributed by atoms with Crippen molar-refractivity contribution < 1.29 is 9.13 Å². The maximum absolute atomic E-state index is 13.3. The molecule has 0 unspecified atom stereocenters. The van der Waals surface area contributed by atoms with Gasteiger partial charge in [-0.05, 0) is 49.2 Å². The maximum atomic E-state index is 13.3. The molecular formula is C20H16FN3O. The SMILES string of the molecule is CCOc1nc(-c2ncccc2C)cc(-c2ccc(F)cc2)c1C#N. The average Bonchev–Trinajstić information content (AvgIpc) is 2.62. The first-order valence-electron chi connectivity index (χ1n) is 7.90. The fourth-order valence-corrected chi connectivity index (χ4v) is 2.60. The Hall–Kier alpha value is -3.26. The number of benzene rings is 1. The summed E-state index contributed by atoms with van der Waals surface area (Å²) in [5.74, 6) is -0.0750. The van der Waals surface area contributed by atoms with E-state index >= 15 is 0 Å². The van der Waals surface area contributed by atoms with Gasteiger partial charge in [0.25, 0.3) is 0 Å². The van der Waals surface area contributed by atoms with Crippen molar-refractivity contribution >= 4 is 0 Å². The van der Waals surface area contributed by atoms with Gasteiger partial charge in [0.05, 0.1) is 18.0 Å². The smallest absolute Gasteiger partial charge is 0.232 e. The van der Waals surface area contributed by atoms with Crippen molar-refractivity contribution in [2.24, 2.45) is 0 Å². The summed E-state index contributed by atoms with van der Waals surface area (Å²) in [5, 5.41) is 9.60. The molecule has 2 heterocycles. The van der Waals surface area contributed by atoms with Gasteiger partial charge in [0.2, 0.25) is 5.88 Å². The summed E-state index contributed by atoms with van der Waals surface area (Å²) in [5.41, 5.74) is 3.98. The minimum absolute atomic E-state index is 0.256. The second-order valence-corrected chi connectivity index (χ2v) is 5.46. The molecule has 0 radical (unpaired) electrons. The molecule has 0 aliphatic heterocycles. The molecule has 124 valence electrons. The first-order valence-corrected chi connectivity index (χ1v) is 7.90. The molecule has 0 aliphatic carbocycles. The number of nitriles is 1. The Kier molecular flexibility index (Phi) is 4.71. The summed E-state index contributed by atoms with van der Waals surface area (Å²) in [4.78, 5) is 8.88. The third-order valence-electron chi connectivity index (χ3n) is 3.79. The molecule has 3 rings (SSSR count). The van der Waals surface area contributed by atoms with Crippen molar-refractivity contribution in [3.05, 3.63) is 65.6 Å². The third kappa shape index (κ3) is 3.33. The van der Waals surface area contributed by atoms with E-state index in [9.17, 15) is 9.65 Å². The lowest BCUT2D eigenvalue weighted by Gasteiger charge is -2.13. The van der Waals surface area contributed by atoms with Crippen LogP contribution < -0.4 is 4.74 Å². The van der Waals surface area contributed by atoms with Crippen LogP contribution >= 0.6 is 0 Å². The molecular weight excluding hydrogens is 317 g/mol. The number of pyridine rings is 2. The van der Waals surface area contributed by atoms with Gasteiger partial charge in [-0.2, -0.15) is 5.26 Å². The highest BCUT2D eigenvalue weighted by atomic mass is 19.1. The van der Waals surface area contributed by atoms with Crippen molar-refractivity contribution in [3.8, 4) is 34.5 Å². The fraction of sp³-hybridized carbons (Fsp3) is 0.150. The van der Waals surface area contributed by atoms with Crippen molar-refractivity contribution in [1.29, 1.82) is 5.26 Å². The second-order valence-electron chi connectivity index (χ2n) is 5.46. The number of hydrogen-bond donors (Lipinski definition) is 0. The summed E-state index contributed by atoms with van der Waals surface area (Å²) >= 11 is 0. The molecule has 0 N–H and O–H groups in total. The van der Waals surface area contributed by atoms with E-state index in [1.807, 2.05) is 26.0 Å². The van der Waals surface area contributed by atoms with Crippen LogP contribution in [0.25, 0.3) is 22.5 Å². The van der Waals surface area contributed by atoms with Crippen LogP contribution in [0.3, 0.4) is 0 Å². The van der Waals surface area contributed by atoms with Crippen LogP contribution in [0.15, 0.2) is 48.7 Å². The van der Waals surface area contributed by atoms with Crippen LogP contribution in [0.5, 0.6) is 5.88 Å². The number of hydrogen-bond acceptors (Lipinski definition) is 4. The van der Waals surface area contributed by atoms with E-state index in [0.717, 1.165) is 16.8 Å². The molecule has 0 spiro atoms. The molecule has 0 atom stereocenters. The molecule has 0 aliphatic rings. The Bertz CT molecular complexity index is 946. The molecule has 0 fully saturated rings. The van der Waals surface area contributed by atoms with E-state index in [2.05, 4.69) is 16.0 Å². The molecule has 0 bridgehead atoms. The zero-order valence-corrected chi connectivity index (χ0v) is 14.0. The molecule has 2 aromatic heterocycles. The predicted octanol–water partition coefficient (Wildman–Crippen LogP) is 4.53. The Labute approximate surface area is 145 Å². The van der Waals surface area contributed by atoms with E-state index in [4.69, 9.17) is 4.74 Å². The first-order chi connectivity index (χ1) is 12.1. The molecule has 0 saturated carbocycles. The van der Waals surface area contributed by atoms with Crippen molar-refractivity contribution in [2.45, 2.75) is 13.8 Å². The molecule has 3 aromatic rings. The lowest BCUT2D eigenvalue weighted by atomic mass is 9.99. The number of nitrogens with zero attached hydrogens (tertiary/aromatic N) is 3. The Morgan fingerprint density at radius 2 is 1.96 bits per heavy atom. The van der Waals surface area contributed by atoms with Crippen molar-refractivity contribution in [2.75, 3.05) is 6.61 Å². The topological polar surface area (TPSA) is 58.8 Å². The van der Waals surface area contributed by atoms with Crippen LogP contribution in [0, 0.1) is 24.1 Å². The molecule has 4 nitrogen and oxygen atoms in total. The fourth-order valence-electron chi connectivity index (χ4n) is 2.60. The number of halogens is 1. The van der Waals surface area contributed by atoms with Crippen LogP contribution in [0.1, 0.15) is 18.1 Å². The summed E-state index contributed by atoms with van der Waals surface area (Å²) in [6.07, 6.45) is 1.69. The summed E-state index contributed by atoms with van der Waals surface area (Å²) in [6, 6.07) is 13.7. The minimum atomic E-state index is -0.331. The monoisotopic (exact) mass is 333 g/mol. The minimum Gasteiger partial charge on any atom is -0.477 e. The van der Waals surface area contributed by atoms with Gasteiger partial charge < -0.3 is 4.74 Å². The normalized spacial score (nSPS) is 10.3. The number of ether oxygens (including phenoxy) is 1. The van der Waals surface area contributed by atoms with Gasteiger partial charge in [-0.25, -0.2) is 9.37 Å². The van der Waals surface area contributed by atoms with E-state index in [1.165, 1.54) is 12.1 Å². The van der Waals surface area contributed by atoms with Crippen LogP contribution in [0.4, 0.5) is 4.39 Å². The number of aryl methyl sites for hydroxylation is 1. The van der Waals surface area contributed by atoms with Gasteiger partial charge in [0.1, 0.15) is 17.4 Å². The number of rotatable bonds is 4. The van der Waals surface area contributed by atoms with Crippen molar-refractivity contribution in [1.82, 2.24) is 9.97 Å². The highest BCUT2D eigenvalue weighted by molar-refractivity contribution is 5.77. The highest BCUT2D eigenvalue weighted by Crippen LogP contribution is 2.33. The summed E-state index contributed by atoms with van der Waals surface area (Å²) < 4.78 is 18.9. The van der Waals surface area contributed by atoms with E-state index in [1.54, 1.807) is 24.4 Å². The molecule has 25 heavy (non-hydrogen) atoms. The highest BCUT2D eigenvalue weighted by Gasteiger charge is 2.17. The van der Waals surface area contributed by atoms with Gasteiger partial charge in [0.15, 0.2) is 0 Å². The largest absolute Gasteiger partial charge is 0.477 e. The summed E-state index contributed by atoms with van der Waals surface area (Å²) in [6.45, 7) is 4.16. The van der Waals surface area contributed by atoms with Gasteiger partial charge in [-0.15, -0.1) is 0 Å². The Morgan fingerprint density at radius 1 is 1.20 bits per heavy atom. The zero-order valence-electron chi connectivity index (χ0n) is 14.0. The van der Waals surface area contributed by atoms with E-state index < -0.39 is 0 Å². The van der Waals surface area contributed by atoms with E-state index in [-0.39, 0.29) is 11.7 Å². The standard InChI is InChI=1S/C20H16FN3O/c1-3-25-20-17(12-22)16(14-6-8-15(21)9-7-14)11-18(24-20)19-13(2)5-4-10-23-19/h4-11H,3H2,1-2H3. The second kappa shape index (κ2) is 7.10. The quantitative estimate of drug-likeness (QED) is 0.704. The first kappa shape index (κ1) is 16.6. The lowest BCUT2D eigenvalue weighted by Crippen LogP contribution is -2.02. The Morgan fingerprint density at radius 3 is 2.60 bits per heavy atom. The van der Waals surface area contributed by atoms with Crippen LogP contribution in [0.2, 0.25) is 0 Å². The molecule has 0 saturated heterocycles. The lowest BCUT2D eigenvalue weighted by molar-refractivity contribution is 0.326. The van der Waals surface area contributed by atoms with Crippen molar-refractivity contribution in [3.63, 3.8) is 0 Å². The van der Waals surface area contributed by atoms with Gasteiger partial charge in [-0.1, -0.05) is 18.2 Å². The third-order valence-corrected chi connectivity index (χ3v) is 3.79. The Balaban J connectivity index is 2.27. The predicted molar refractivity (Wildman–Crippen MR) is 93.5 cm³/mol. The summed E-state index contributed by atoms with van der Waals surface area (Å²) in [7, 11) is 0. The van der Waals surface area contributed by atoms with Gasteiger partial charge in [-0.3, -0.25) is 4.98 Å². The van der Waals surface area contributed by atoms with Gasteiger partial charge >= 0.3 is 0 Å².